The van der Waals surface area contributed by atoms with Gasteiger partial charge in [-0.15, -0.1) is 0 Å². The first-order chi connectivity index (χ1) is 19.3. The molecule has 0 aliphatic rings. The molecule has 41 heavy (non-hydrogen) atoms. The number of nitrogens with one attached hydrogen (secondary N) is 6. The number of amides is 5. The number of rotatable bonds is 18. The Morgan fingerprint density at radius 3 is 2.12 bits per heavy atom. The van der Waals surface area contributed by atoms with Crippen LogP contribution in [0.5, 0.6) is 0 Å². The molecule has 0 saturated carbocycles. The number of anilines is 1. The molecule has 0 aliphatic carbocycles. The lowest BCUT2D eigenvalue weighted by Crippen LogP contribution is -2.58. The van der Waals surface area contributed by atoms with E-state index < -0.39 is 53.8 Å². The van der Waals surface area contributed by atoms with Crippen molar-refractivity contribution in [1.29, 1.82) is 0 Å². The molecule has 3 atom stereocenters. The number of urea groups is 1. The van der Waals surface area contributed by atoms with Crippen LogP contribution in [0.2, 0.25) is 0 Å². The summed E-state index contributed by atoms with van der Waals surface area (Å²) in [5, 5.41) is 19.4. The van der Waals surface area contributed by atoms with Crippen molar-refractivity contribution < 1.29 is 38.6 Å². The van der Waals surface area contributed by atoms with Crippen molar-refractivity contribution in [2.75, 3.05) is 18.9 Å². The van der Waals surface area contributed by atoms with Crippen molar-refractivity contribution in [3.05, 3.63) is 29.8 Å². The SMILES string of the molecule is CNNC(CCC(=O)O)C(=O)NC(C(=O)NC(CCCNC(N)=O)C(=O)Nc1ccc(COC(C)=O)cc1)C(C)C. The second-order valence-corrected chi connectivity index (χ2v) is 9.57. The summed E-state index contributed by atoms with van der Waals surface area (Å²) in [4.78, 5) is 72.3. The van der Waals surface area contributed by atoms with Crippen LogP contribution in [0, 0.1) is 5.92 Å². The van der Waals surface area contributed by atoms with Crippen LogP contribution in [-0.2, 0) is 35.3 Å². The van der Waals surface area contributed by atoms with E-state index in [0.717, 1.165) is 0 Å². The molecule has 9 N–H and O–H groups in total. The minimum atomic E-state index is -1.07. The monoisotopic (exact) mass is 579 g/mol. The number of carbonyl (C=O) groups is 6. The summed E-state index contributed by atoms with van der Waals surface area (Å²) in [5.41, 5.74) is 11.5. The summed E-state index contributed by atoms with van der Waals surface area (Å²) in [7, 11) is 1.53. The van der Waals surface area contributed by atoms with Crippen LogP contribution in [0.25, 0.3) is 0 Å². The standard InChI is InChI=1S/C26H41N7O8/c1-15(2)22(32-24(38)20(33-28-4)11-12-21(35)36)25(39)31-19(6-5-13-29-26(27)40)23(37)30-18-9-7-17(8-10-18)14-41-16(3)34/h7-10,15,19-20,22,28,33H,5-6,11-14H2,1-4H3,(H,30,37)(H,31,39)(H,32,38)(H,35,36)(H3,27,29,40). The molecule has 0 aromatic heterocycles. The molecule has 0 fully saturated rings. The first-order valence-corrected chi connectivity index (χ1v) is 13.1. The number of hydrazine groups is 1. The maximum atomic E-state index is 13.3. The van der Waals surface area contributed by atoms with Gasteiger partial charge in [0, 0.05) is 25.6 Å². The topological polar surface area (TPSA) is 230 Å². The van der Waals surface area contributed by atoms with Gasteiger partial charge in [-0.05, 0) is 49.9 Å². The first kappa shape index (κ1) is 34.8. The van der Waals surface area contributed by atoms with Crippen molar-refractivity contribution in [3.8, 4) is 0 Å². The highest BCUT2D eigenvalue weighted by Crippen LogP contribution is 2.13. The second-order valence-electron chi connectivity index (χ2n) is 9.57. The van der Waals surface area contributed by atoms with Gasteiger partial charge in [-0.3, -0.25) is 29.4 Å². The fourth-order valence-corrected chi connectivity index (χ4v) is 3.65. The number of benzene rings is 1. The molecule has 1 aromatic carbocycles. The molecule has 228 valence electrons. The average molecular weight is 580 g/mol. The normalized spacial score (nSPS) is 12.9. The molecule has 5 amide bonds. The van der Waals surface area contributed by atoms with Gasteiger partial charge in [0.1, 0.15) is 24.7 Å². The number of carboxylic acid groups (broad SMARTS) is 1. The third kappa shape index (κ3) is 14.1. The summed E-state index contributed by atoms with van der Waals surface area (Å²) >= 11 is 0. The molecule has 0 heterocycles. The Balaban J connectivity index is 3.00. The Hall–Kier alpha value is -4.24. The number of carbonyl (C=O) groups excluding carboxylic acids is 5. The van der Waals surface area contributed by atoms with Crippen molar-refractivity contribution in [1.82, 2.24) is 26.8 Å². The van der Waals surface area contributed by atoms with E-state index in [1.807, 2.05) is 0 Å². The van der Waals surface area contributed by atoms with E-state index in [2.05, 4.69) is 32.1 Å². The van der Waals surface area contributed by atoms with E-state index in [-0.39, 0.29) is 38.3 Å². The lowest BCUT2D eigenvalue weighted by molar-refractivity contribution is -0.142. The van der Waals surface area contributed by atoms with Crippen LogP contribution >= 0.6 is 0 Å². The number of esters is 1. The van der Waals surface area contributed by atoms with E-state index >= 15 is 0 Å². The van der Waals surface area contributed by atoms with Gasteiger partial charge in [-0.2, -0.15) is 0 Å². The number of primary amides is 1. The highest BCUT2D eigenvalue weighted by molar-refractivity contribution is 5.98. The van der Waals surface area contributed by atoms with Crippen molar-refractivity contribution in [2.45, 2.75) is 71.2 Å². The van der Waals surface area contributed by atoms with Gasteiger partial charge >= 0.3 is 18.0 Å². The van der Waals surface area contributed by atoms with Gasteiger partial charge in [-0.1, -0.05) is 26.0 Å². The molecule has 0 radical (unpaired) electrons. The van der Waals surface area contributed by atoms with Crippen LogP contribution in [0.4, 0.5) is 10.5 Å². The van der Waals surface area contributed by atoms with E-state index in [9.17, 15) is 28.8 Å². The number of ether oxygens (including phenoxy) is 1. The van der Waals surface area contributed by atoms with Crippen LogP contribution in [0.1, 0.15) is 52.0 Å². The molecule has 3 unspecified atom stereocenters. The Morgan fingerprint density at radius 1 is 0.927 bits per heavy atom. The third-order valence-electron chi connectivity index (χ3n) is 5.79. The van der Waals surface area contributed by atoms with Gasteiger partial charge in [0.15, 0.2) is 0 Å². The number of nitrogens with two attached hydrogens (primary N) is 1. The highest BCUT2D eigenvalue weighted by atomic mass is 16.5. The molecule has 0 spiro atoms. The molecule has 1 rings (SSSR count). The zero-order valence-electron chi connectivity index (χ0n) is 23.7. The lowest BCUT2D eigenvalue weighted by atomic mass is 10.0. The maximum Gasteiger partial charge on any atom is 0.312 e. The minimum Gasteiger partial charge on any atom is -0.481 e. The summed E-state index contributed by atoms with van der Waals surface area (Å²) in [6.07, 6.45) is 0.165. The van der Waals surface area contributed by atoms with Crippen molar-refractivity contribution >= 4 is 41.4 Å². The Kier molecular flexibility index (Phi) is 15.4. The van der Waals surface area contributed by atoms with Gasteiger partial charge < -0.3 is 36.8 Å². The minimum absolute atomic E-state index is 0.0218. The van der Waals surface area contributed by atoms with E-state index in [1.165, 1.54) is 14.0 Å². The largest absolute Gasteiger partial charge is 0.481 e. The fraction of sp³-hybridized carbons (Fsp3) is 0.538. The van der Waals surface area contributed by atoms with Crippen LogP contribution in [0.15, 0.2) is 24.3 Å². The summed E-state index contributed by atoms with van der Waals surface area (Å²) in [6, 6.07) is 2.87. The first-order valence-electron chi connectivity index (χ1n) is 13.1. The Labute approximate surface area is 238 Å². The number of hydrogen-bond acceptors (Lipinski definition) is 9. The van der Waals surface area contributed by atoms with Gasteiger partial charge in [-0.25, -0.2) is 10.2 Å². The van der Waals surface area contributed by atoms with Crippen molar-refractivity contribution in [2.24, 2.45) is 11.7 Å². The smallest absolute Gasteiger partial charge is 0.312 e. The average Bonchev–Trinajstić information content (AvgIpc) is 2.90. The molecule has 15 nitrogen and oxygen atoms in total. The molecule has 0 saturated heterocycles. The number of hydrogen-bond donors (Lipinski definition) is 8. The molecule has 15 heteroatoms. The maximum absolute atomic E-state index is 13.3. The fourth-order valence-electron chi connectivity index (χ4n) is 3.65. The summed E-state index contributed by atoms with van der Waals surface area (Å²) < 4.78 is 4.95. The van der Waals surface area contributed by atoms with E-state index in [0.29, 0.717) is 17.7 Å². The van der Waals surface area contributed by atoms with Gasteiger partial charge in [0.2, 0.25) is 17.7 Å². The van der Waals surface area contributed by atoms with E-state index in [1.54, 1.807) is 38.1 Å². The van der Waals surface area contributed by atoms with Gasteiger partial charge in [0.05, 0.1) is 0 Å². The molecular formula is C26H41N7O8. The van der Waals surface area contributed by atoms with Crippen molar-refractivity contribution in [3.63, 3.8) is 0 Å². The number of aliphatic carboxylic acids is 1. The summed E-state index contributed by atoms with van der Waals surface area (Å²) in [5.74, 6) is -3.60. The quantitative estimate of drug-likeness (QED) is 0.0644. The van der Waals surface area contributed by atoms with E-state index in [4.69, 9.17) is 15.6 Å². The Bertz CT molecular complexity index is 1050. The molecular weight excluding hydrogens is 538 g/mol. The van der Waals surface area contributed by atoms with Crippen LogP contribution < -0.4 is 37.9 Å². The molecule has 0 aliphatic heterocycles. The zero-order valence-corrected chi connectivity index (χ0v) is 23.7. The lowest BCUT2D eigenvalue weighted by Gasteiger charge is -2.27. The van der Waals surface area contributed by atoms with Crippen LogP contribution in [0.3, 0.4) is 0 Å². The molecule has 0 bridgehead atoms. The van der Waals surface area contributed by atoms with Crippen LogP contribution in [-0.4, -0.2) is 72.5 Å². The summed E-state index contributed by atoms with van der Waals surface area (Å²) in [6.45, 7) is 4.98. The Morgan fingerprint density at radius 2 is 1.59 bits per heavy atom. The predicted octanol–water partition coefficient (Wildman–Crippen LogP) is -0.280. The predicted molar refractivity (Wildman–Crippen MR) is 149 cm³/mol. The second kappa shape index (κ2) is 18.2. The zero-order chi connectivity index (χ0) is 30.9. The third-order valence-corrected chi connectivity index (χ3v) is 5.79. The highest BCUT2D eigenvalue weighted by Gasteiger charge is 2.31. The van der Waals surface area contributed by atoms with Gasteiger partial charge in [0.25, 0.3) is 0 Å². The number of carboxylic acids is 1. The molecule has 1 aromatic rings.